The summed E-state index contributed by atoms with van der Waals surface area (Å²) in [6.07, 6.45) is 5.00. The second-order valence-corrected chi connectivity index (χ2v) is 4.24. The molecule has 20 heavy (non-hydrogen) atoms. The Bertz CT molecular complexity index is 590. The van der Waals surface area contributed by atoms with Gasteiger partial charge >= 0.3 is 0 Å². The largest absolute Gasteiger partial charge is 0.497 e. The molecule has 0 radical (unpaired) electrons. The topological polar surface area (TPSA) is 70.8 Å². The monoisotopic (exact) mass is 268 g/mol. The highest BCUT2D eigenvalue weighted by Crippen LogP contribution is 2.13. The summed E-state index contributed by atoms with van der Waals surface area (Å²) in [6.45, 7) is 0.749. The van der Waals surface area contributed by atoms with Crippen LogP contribution in [0, 0.1) is 11.3 Å². The number of benzene rings is 1. The number of hydrogen-bond donors (Lipinski definition) is 1. The number of nitrogens with zero attached hydrogens (tertiary/aromatic N) is 3. The van der Waals surface area contributed by atoms with Crippen LogP contribution in [0.4, 0.5) is 5.82 Å². The van der Waals surface area contributed by atoms with Crippen molar-refractivity contribution in [3.8, 4) is 11.8 Å². The van der Waals surface area contributed by atoms with Crippen molar-refractivity contribution in [3.63, 3.8) is 0 Å². The average molecular weight is 268 g/mol. The van der Waals surface area contributed by atoms with Gasteiger partial charge in [-0.1, -0.05) is 12.1 Å². The summed E-state index contributed by atoms with van der Waals surface area (Å²) in [4.78, 5) is 8.06. The van der Waals surface area contributed by atoms with Crippen LogP contribution >= 0.6 is 0 Å². The van der Waals surface area contributed by atoms with Crippen LogP contribution in [0.5, 0.6) is 5.75 Å². The van der Waals surface area contributed by atoms with E-state index in [1.54, 1.807) is 13.3 Å². The Morgan fingerprint density at radius 3 is 2.65 bits per heavy atom. The van der Waals surface area contributed by atoms with Gasteiger partial charge in [0.05, 0.1) is 7.11 Å². The SMILES string of the molecule is COc1ccc(CCCNc2nccnc2C#N)cc1. The van der Waals surface area contributed by atoms with E-state index in [1.165, 1.54) is 11.8 Å². The van der Waals surface area contributed by atoms with E-state index in [0.29, 0.717) is 11.5 Å². The van der Waals surface area contributed by atoms with Crippen LogP contribution in [0.1, 0.15) is 17.7 Å². The van der Waals surface area contributed by atoms with E-state index in [0.717, 1.165) is 25.1 Å². The second-order valence-electron chi connectivity index (χ2n) is 4.24. The van der Waals surface area contributed by atoms with Crippen LogP contribution in [-0.4, -0.2) is 23.6 Å². The minimum absolute atomic E-state index is 0.331. The van der Waals surface area contributed by atoms with Crippen LogP contribution in [0.15, 0.2) is 36.7 Å². The van der Waals surface area contributed by atoms with Gasteiger partial charge < -0.3 is 10.1 Å². The lowest BCUT2D eigenvalue weighted by molar-refractivity contribution is 0.414. The summed E-state index contributed by atoms with van der Waals surface area (Å²) in [7, 11) is 1.66. The highest BCUT2D eigenvalue weighted by atomic mass is 16.5. The van der Waals surface area contributed by atoms with E-state index in [1.807, 2.05) is 18.2 Å². The van der Waals surface area contributed by atoms with Gasteiger partial charge in [0.1, 0.15) is 11.8 Å². The normalized spacial score (nSPS) is 9.80. The Labute approximate surface area is 118 Å². The molecule has 0 unspecified atom stereocenters. The van der Waals surface area contributed by atoms with Crippen LogP contribution in [0.25, 0.3) is 0 Å². The zero-order chi connectivity index (χ0) is 14.2. The van der Waals surface area contributed by atoms with Crippen molar-refractivity contribution in [1.82, 2.24) is 9.97 Å². The third kappa shape index (κ3) is 3.69. The molecule has 2 aromatic rings. The molecule has 0 bridgehead atoms. The Kier molecular flexibility index (Phi) is 4.90. The molecule has 0 amide bonds. The molecule has 0 aliphatic carbocycles. The summed E-state index contributed by atoms with van der Waals surface area (Å²) in [5.41, 5.74) is 1.59. The summed E-state index contributed by atoms with van der Waals surface area (Å²) in [5.74, 6) is 1.41. The first kappa shape index (κ1) is 13.8. The molecular formula is C15H16N4O. The highest BCUT2D eigenvalue weighted by Gasteiger charge is 2.02. The van der Waals surface area contributed by atoms with E-state index in [2.05, 4.69) is 27.4 Å². The predicted molar refractivity (Wildman–Crippen MR) is 76.6 cm³/mol. The molecule has 5 heteroatoms. The molecule has 2 rings (SSSR count). The van der Waals surface area contributed by atoms with Crippen LogP contribution in [0.2, 0.25) is 0 Å². The van der Waals surface area contributed by atoms with Crippen molar-refractivity contribution in [2.75, 3.05) is 19.0 Å². The molecule has 1 aromatic carbocycles. The molecular weight excluding hydrogens is 252 g/mol. The lowest BCUT2D eigenvalue weighted by Crippen LogP contribution is -2.07. The zero-order valence-corrected chi connectivity index (χ0v) is 11.3. The van der Waals surface area contributed by atoms with Gasteiger partial charge in [-0.3, -0.25) is 0 Å². The summed E-state index contributed by atoms with van der Waals surface area (Å²) in [5, 5.41) is 12.0. The number of methoxy groups -OCH3 is 1. The first-order chi connectivity index (χ1) is 9.83. The minimum Gasteiger partial charge on any atom is -0.497 e. The van der Waals surface area contributed by atoms with Gasteiger partial charge in [-0.05, 0) is 30.5 Å². The van der Waals surface area contributed by atoms with Gasteiger partial charge in [0.2, 0.25) is 0 Å². The van der Waals surface area contributed by atoms with Gasteiger partial charge in [0, 0.05) is 18.9 Å². The summed E-state index contributed by atoms with van der Waals surface area (Å²) >= 11 is 0. The highest BCUT2D eigenvalue weighted by molar-refractivity contribution is 5.46. The number of rotatable bonds is 6. The minimum atomic E-state index is 0.331. The maximum atomic E-state index is 8.90. The van der Waals surface area contributed by atoms with Crippen molar-refractivity contribution < 1.29 is 4.74 Å². The van der Waals surface area contributed by atoms with Crippen molar-refractivity contribution >= 4 is 5.82 Å². The molecule has 0 aliphatic rings. The molecule has 0 atom stereocenters. The molecule has 0 saturated carbocycles. The van der Waals surface area contributed by atoms with Crippen molar-refractivity contribution in [2.45, 2.75) is 12.8 Å². The summed E-state index contributed by atoms with van der Waals surface area (Å²) in [6, 6.07) is 10.0. The standard InChI is InChI=1S/C15H16N4O/c1-20-13-6-4-12(5-7-13)3-2-8-18-15-14(11-16)17-9-10-19-15/h4-7,9-10H,2-3,8H2,1H3,(H,18,19). The van der Waals surface area contributed by atoms with Crippen molar-refractivity contribution in [3.05, 3.63) is 47.9 Å². The van der Waals surface area contributed by atoms with E-state index in [4.69, 9.17) is 10.00 Å². The molecule has 0 saturated heterocycles. The van der Waals surface area contributed by atoms with E-state index in [9.17, 15) is 0 Å². The van der Waals surface area contributed by atoms with Crippen LogP contribution < -0.4 is 10.1 Å². The molecule has 0 spiro atoms. The Balaban J connectivity index is 1.80. The summed E-state index contributed by atoms with van der Waals surface area (Å²) < 4.78 is 5.12. The maximum Gasteiger partial charge on any atom is 0.182 e. The van der Waals surface area contributed by atoms with E-state index < -0.39 is 0 Å². The Morgan fingerprint density at radius 2 is 1.95 bits per heavy atom. The predicted octanol–water partition coefficient (Wildman–Crippen LogP) is 2.40. The zero-order valence-electron chi connectivity index (χ0n) is 11.3. The fourth-order valence-corrected chi connectivity index (χ4v) is 1.84. The van der Waals surface area contributed by atoms with E-state index >= 15 is 0 Å². The molecule has 0 aliphatic heterocycles. The van der Waals surface area contributed by atoms with Gasteiger partial charge in [-0.25, -0.2) is 9.97 Å². The Hall–Kier alpha value is -2.61. The number of anilines is 1. The van der Waals surface area contributed by atoms with Gasteiger partial charge in [-0.2, -0.15) is 5.26 Å². The van der Waals surface area contributed by atoms with Crippen LogP contribution in [0.3, 0.4) is 0 Å². The third-order valence-electron chi connectivity index (χ3n) is 2.90. The molecule has 1 heterocycles. The number of aromatic nitrogens is 2. The maximum absolute atomic E-state index is 8.90. The quantitative estimate of drug-likeness (QED) is 0.814. The van der Waals surface area contributed by atoms with Gasteiger partial charge in [0.15, 0.2) is 11.5 Å². The van der Waals surface area contributed by atoms with Crippen molar-refractivity contribution in [1.29, 1.82) is 5.26 Å². The smallest absolute Gasteiger partial charge is 0.182 e. The number of nitrogens with one attached hydrogen (secondary N) is 1. The molecule has 1 aromatic heterocycles. The fourth-order valence-electron chi connectivity index (χ4n) is 1.84. The third-order valence-corrected chi connectivity index (χ3v) is 2.90. The lowest BCUT2D eigenvalue weighted by Gasteiger charge is -2.06. The number of nitriles is 1. The first-order valence-corrected chi connectivity index (χ1v) is 6.41. The number of ether oxygens (including phenoxy) is 1. The lowest BCUT2D eigenvalue weighted by atomic mass is 10.1. The number of aryl methyl sites for hydroxylation is 1. The average Bonchev–Trinajstić information content (AvgIpc) is 2.52. The Morgan fingerprint density at radius 1 is 1.20 bits per heavy atom. The molecule has 5 nitrogen and oxygen atoms in total. The molecule has 1 N–H and O–H groups in total. The molecule has 102 valence electrons. The van der Waals surface area contributed by atoms with Crippen LogP contribution in [-0.2, 0) is 6.42 Å². The van der Waals surface area contributed by atoms with E-state index in [-0.39, 0.29) is 0 Å². The van der Waals surface area contributed by atoms with Gasteiger partial charge in [-0.15, -0.1) is 0 Å². The fraction of sp³-hybridized carbons (Fsp3) is 0.267. The number of hydrogen-bond acceptors (Lipinski definition) is 5. The second kappa shape index (κ2) is 7.10. The van der Waals surface area contributed by atoms with Gasteiger partial charge in [0.25, 0.3) is 0 Å². The molecule has 0 fully saturated rings. The first-order valence-electron chi connectivity index (χ1n) is 6.41. The van der Waals surface area contributed by atoms with Crippen molar-refractivity contribution in [2.24, 2.45) is 0 Å².